The van der Waals surface area contributed by atoms with Gasteiger partial charge in [-0.2, -0.15) is 4.31 Å². The molecule has 2 aliphatic heterocycles. The highest BCUT2D eigenvalue weighted by atomic mass is 35.5. The molecule has 0 radical (unpaired) electrons. The van der Waals surface area contributed by atoms with E-state index in [-0.39, 0.29) is 24.4 Å². The molecule has 0 spiro atoms. The van der Waals surface area contributed by atoms with Gasteiger partial charge in [-0.25, -0.2) is 8.42 Å². The molecule has 1 N–H and O–H groups in total. The Morgan fingerprint density at radius 3 is 2.52 bits per heavy atom. The Kier molecular flexibility index (Phi) is 5.35. The maximum atomic E-state index is 12.7. The van der Waals surface area contributed by atoms with Gasteiger partial charge < -0.3 is 10.2 Å². The highest BCUT2D eigenvalue weighted by Crippen LogP contribution is 2.34. The number of amides is 1. The monoisotopic (exact) mass is 359 g/mol. The molecule has 23 heavy (non-hydrogen) atoms. The lowest BCUT2D eigenvalue weighted by Gasteiger charge is -2.27. The van der Waals surface area contributed by atoms with Gasteiger partial charge in [-0.05, 0) is 37.1 Å². The molecule has 0 bridgehead atoms. The summed E-state index contributed by atoms with van der Waals surface area (Å²) < 4.78 is 26.9. The Balaban J connectivity index is 0.00000192. The smallest absolute Gasteiger partial charge is 0.243 e. The molecule has 1 atom stereocenters. The molecule has 1 unspecified atom stereocenters. The average Bonchev–Trinajstić information content (AvgIpc) is 2.83. The van der Waals surface area contributed by atoms with Crippen LogP contribution in [0.1, 0.15) is 19.4 Å². The van der Waals surface area contributed by atoms with E-state index in [0.717, 1.165) is 11.3 Å². The Bertz CT molecular complexity index is 702. The van der Waals surface area contributed by atoms with Gasteiger partial charge in [0.15, 0.2) is 0 Å². The summed E-state index contributed by atoms with van der Waals surface area (Å²) >= 11 is 0. The zero-order chi connectivity index (χ0) is 15.9. The normalized spacial score (nSPS) is 21.7. The topological polar surface area (TPSA) is 69.7 Å². The van der Waals surface area contributed by atoms with Crippen LogP contribution in [-0.4, -0.2) is 50.9 Å². The van der Waals surface area contributed by atoms with Gasteiger partial charge in [0, 0.05) is 44.8 Å². The molecule has 2 heterocycles. The van der Waals surface area contributed by atoms with Crippen LogP contribution in [0.3, 0.4) is 0 Å². The number of hydrogen-bond acceptors (Lipinski definition) is 4. The third kappa shape index (κ3) is 3.24. The minimum Gasteiger partial charge on any atom is -0.314 e. The number of piperazine rings is 1. The van der Waals surface area contributed by atoms with Gasteiger partial charge in [-0.3, -0.25) is 4.79 Å². The van der Waals surface area contributed by atoms with Gasteiger partial charge in [0.05, 0.1) is 4.90 Å². The third-order valence-corrected chi connectivity index (χ3v) is 6.21. The van der Waals surface area contributed by atoms with Crippen molar-refractivity contribution in [2.24, 2.45) is 0 Å². The number of benzene rings is 1. The van der Waals surface area contributed by atoms with Gasteiger partial charge in [0.1, 0.15) is 0 Å². The number of carbonyl (C=O) groups excluding carboxylic acids is 1. The fraction of sp³-hybridized carbons (Fsp3) is 0.533. The van der Waals surface area contributed by atoms with E-state index in [1.807, 2.05) is 6.92 Å². The lowest BCUT2D eigenvalue weighted by molar-refractivity contribution is -0.116. The first kappa shape index (κ1) is 18.2. The maximum Gasteiger partial charge on any atom is 0.243 e. The number of fused-ring (bicyclic) bond motifs is 1. The molecular formula is C15H22ClN3O3S. The number of carbonyl (C=O) groups is 1. The average molecular weight is 360 g/mol. The highest BCUT2D eigenvalue weighted by molar-refractivity contribution is 7.89. The van der Waals surface area contributed by atoms with Crippen molar-refractivity contribution >= 4 is 34.0 Å². The summed E-state index contributed by atoms with van der Waals surface area (Å²) in [5, 5.41) is 3.15. The van der Waals surface area contributed by atoms with Crippen molar-refractivity contribution in [3.8, 4) is 0 Å². The lowest BCUT2D eigenvalue weighted by Crippen LogP contribution is -2.46. The van der Waals surface area contributed by atoms with Crippen LogP contribution in [0, 0.1) is 0 Å². The SMILES string of the molecule is CC(=O)N1c2ccc(S(=O)(=O)N3CCNCC3)cc2CC1C.Cl. The Morgan fingerprint density at radius 2 is 1.91 bits per heavy atom. The number of halogens is 1. The van der Waals surface area contributed by atoms with Crippen LogP contribution in [0.5, 0.6) is 0 Å². The molecule has 0 saturated carbocycles. The Hall–Kier alpha value is -1.15. The van der Waals surface area contributed by atoms with E-state index in [1.165, 1.54) is 11.2 Å². The Labute approximate surface area is 143 Å². The van der Waals surface area contributed by atoms with Crippen molar-refractivity contribution in [3.63, 3.8) is 0 Å². The van der Waals surface area contributed by atoms with Gasteiger partial charge in [-0.15, -0.1) is 12.4 Å². The van der Waals surface area contributed by atoms with Crippen molar-refractivity contribution in [1.29, 1.82) is 0 Å². The van der Waals surface area contributed by atoms with Gasteiger partial charge in [0.2, 0.25) is 15.9 Å². The summed E-state index contributed by atoms with van der Waals surface area (Å²) in [4.78, 5) is 13.8. The van der Waals surface area contributed by atoms with E-state index in [1.54, 1.807) is 23.1 Å². The highest BCUT2D eigenvalue weighted by Gasteiger charge is 2.32. The van der Waals surface area contributed by atoms with Crippen LogP contribution in [0.2, 0.25) is 0 Å². The zero-order valence-electron chi connectivity index (χ0n) is 13.3. The molecule has 1 saturated heterocycles. The summed E-state index contributed by atoms with van der Waals surface area (Å²) in [7, 11) is -3.45. The number of nitrogens with one attached hydrogen (secondary N) is 1. The van der Waals surface area contributed by atoms with E-state index in [4.69, 9.17) is 0 Å². The summed E-state index contributed by atoms with van der Waals surface area (Å²) in [6.07, 6.45) is 0.694. The van der Waals surface area contributed by atoms with Crippen molar-refractivity contribution in [2.45, 2.75) is 31.2 Å². The number of rotatable bonds is 2. The number of anilines is 1. The van der Waals surface area contributed by atoms with Gasteiger partial charge in [-0.1, -0.05) is 0 Å². The van der Waals surface area contributed by atoms with Crippen LogP contribution < -0.4 is 10.2 Å². The lowest BCUT2D eigenvalue weighted by atomic mass is 10.1. The van der Waals surface area contributed by atoms with Crippen molar-refractivity contribution in [1.82, 2.24) is 9.62 Å². The molecule has 1 fully saturated rings. The quantitative estimate of drug-likeness (QED) is 0.855. The van der Waals surface area contributed by atoms with E-state index >= 15 is 0 Å². The summed E-state index contributed by atoms with van der Waals surface area (Å²) in [5.74, 6) is -0.0102. The summed E-state index contributed by atoms with van der Waals surface area (Å²) in [5.41, 5.74) is 1.76. The molecule has 6 nitrogen and oxygen atoms in total. The van der Waals surface area contributed by atoms with Crippen LogP contribution in [0.15, 0.2) is 23.1 Å². The third-order valence-electron chi connectivity index (χ3n) is 4.32. The van der Waals surface area contributed by atoms with Gasteiger partial charge >= 0.3 is 0 Å². The largest absolute Gasteiger partial charge is 0.314 e. The first-order valence-corrected chi connectivity index (χ1v) is 8.99. The van der Waals surface area contributed by atoms with Crippen LogP contribution >= 0.6 is 12.4 Å². The van der Waals surface area contributed by atoms with Crippen LogP contribution in [-0.2, 0) is 21.2 Å². The molecule has 0 aromatic heterocycles. The Morgan fingerprint density at radius 1 is 1.26 bits per heavy atom. The zero-order valence-corrected chi connectivity index (χ0v) is 14.9. The van der Waals surface area contributed by atoms with E-state index in [2.05, 4.69) is 5.32 Å². The second-order valence-electron chi connectivity index (χ2n) is 5.89. The number of hydrogen-bond donors (Lipinski definition) is 1. The second-order valence-corrected chi connectivity index (χ2v) is 7.82. The van der Waals surface area contributed by atoms with E-state index in [9.17, 15) is 13.2 Å². The summed E-state index contributed by atoms with van der Waals surface area (Å²) in [6, 6.07) is 5.18. The maximum absolute atomic E-state index is 12.7. The van der Waals surface area contributed by atoms with E-state index in [0.29, 0.717) is 37.5 Å². The van der Waals surface area contributed by atoms with E-state index < -0.39 is 10.0 Å². The molecule has 3 rings (SSSR count). The predicted octanol–water partition coefficient (Wildman–Crippen LogP) is 1.000. The fourth-order valence-electron chi connectivity index (χ4n) is 3.28. The molecule has 8 heteroatoms. The first-order chi connectivity index (χ1) is 10.4. The molecule has 1 aromatic carbocycles. The second kappa shape index (κ2) is 6.76. The summed E-state index contributed by atoms with van der Waals surface area (Å²) in [6.45, 7) is 5.87. The van der Waals surface area contributed by atoms with Crippen molar-refractivity contribution in [2.75, 3.05) is 31.1 Å². The van der Waals surface area contributed by atoms with Crippen LogP contribution in [0.4, 0.5) is 5.69 Å². The molecular weight excluding hydrogens is 338 g/mol. The fourth-order valence-corrected chi connectivity index (χ4v) is 4.77. The minimum atomic E-state index is -3.45. The number of nitrogens with zero attached hydrogens (tertiary/aromatic N) is 2. The number of sulfonamides is 1. The first-order valence-electron chi connectivity index (χ1n) is 7.55. The molecule has 2 aliphatic rings. The predicted molar refractivity (Wildman–Crippen MR) is 91.6 cm³/mol. The van der Waals surface area contributed by atoms with Crippen LogP contribution in [0.25, 0.3) is 0 Å². The molecule has 0 aliphatic carbocycles. The van der Waals surface area contributed by atoms with Crippen molar-refractivity contribution in [3.05, 3.63) is 23.8 Å². The van der Waals surface area contributed by atoms with Gasteiger partial charge in [0.25, 0.3) is 0 Å². The van der Waals surface area contributed by atoms with Crippen molar-refractivity contribution < 1.29 is 13.2 Å². The molecule has 1 amide bonds. The minimum absolute atomic E-state index is 0. The standard InChI is InChI=1S/C15H21N3O3S.ClH/c1-11-9-13-10-14(3-4-15(13)18(11)12(2)19)22(20,21)17-7-5-16-6-8-17;/h3-4,10-11,16H,5-9H2,1-2H3;1H. The molecule has 128 valence electrons. The molecule has 1 aromatic rings.